The third-order valence-corrected chi connectivity index (χ3v) is 5.13. The molecule has 0 saturated heterocycles. The van der Waals surface area contributed by atoms with Gasteiger partial charge in [0.2, 0.25) is 5.95 Å². The van der Waals surface area contributed by atoms with Gasteiger partial charge in [-0.25, -0.2) is 15.0 Å². The number of imidazole rings is 1. The lowest BCUT2D eigenvalue weighted by Crippen LogP contribution is -2.21. The molecular formula is C22H23ClN6O2. The Balaban J connectivity index is 1.62. The number of aromatic nitrogens is 4. The van der Waals surface area contributed by atoms with E-state index < -0.39 is 0 Å². The molecule has 0 radical (unpaired) electrons. The molecular weight excluding hydrogens is 416 g/mol. The number of fused-ring (bicyclic) bond motifs is 1. The molecule has 0 saturated carbocycles. The van der Waals surface area contributed by atoms with Crippen LogP contribution in [0, 0.1) is 0 Å². The second-order valence-corrected chi connectivity index (χ2v) is 7.49. The first-order valence-corrected chi connectivity index (χ1v) is 10.1. The van der Waals surface area contributed by atoms with E-state index in [0.29, 0.717) is 35.5 Å². The van der Waals surface area contributed by atoms with Crippen LogP contribution in [0.3, 0.4) is 0 Å². The van der Waals surface area contributed by atoms with E-state index in [-0.39, 0.29) is 6.61 Å². The minimum Gasteiger partial charge on any atom is -0.495 e. The summed E-state index contributed by atoms with van der Waals surface area (Å²) in [5.74, 6) is 1.07. The van der Waals surface area contributed by atoms with E-state index in [0.717, 1.165) is 22.6 Å². The zero-order chi connectivity index (χ0) is 21.8. The fraction of sp³-hybridized carbons (Fsp3) is 0.227. The Morgan fingerprint density at radius 2 is 2.06 bits per heavy atom. The zero-order valence-electron chi connectivity index (χ0n) is 17.3. The fourth-order valence-electron chi connectivity index (χ4n) is 3.33. The van der Waals surface area contributed by atoms with Gasteiger partial charge in [-0.15, -0.1) is 0 Å². The van der Waals surface area contributed by atoms with Gasteiger partial charge in [-0.05, 0) is 36.9 Å². The molecule has 0 bridgehead atoms. The van der Waals surface area contributed by atoms with Crippen molar-refractivity contribution in [2.24, 2.45) is 0 Å². The molecule has 2 N–H and O–H groups in total. The van der Waals surface area contributed by atoms with Crippen molar-refractivity contribution in [2.75, 3.05) is 32.6 Å². The van der Waals surface area contributed by atoms with E-state index in [2.05, 4.69) is 20.3 Å². The normalized spacial score (nSPS) is 11.3. The van der Waals surface area contributed by atoms with Crippen LogP contribution < -0.4 is 10.1 Å². The van der Waals surface area contributed by atoms with Gasteiger partial charge in [0.15, 0.2) is 0 Å². The molecule has 3 heterocycles. The van der Waals surface area contributed by atoms with Crippen LogP contribution in [0.15, 0.2) is 55.0 Å². The highest BCUT2D eigenvalue weighted by molar-refractivity contribution is 6.32. The lowest BCUT2D eigenvalue weighted by molar-refractivity contribution is 0.217. The van der Waals surface area contributed by atoms with E-state index in [1.165, 1.54) is 0 Å². The van der Waals surface area contributed by atoms with Gasteiger partial charge < -0.3 is 15.2 Å². The Kier molecular flexibility index (Phi) is 6.31. The average Bonchev–Trinajstić information content (AvgIpc) is 3.20. The number of halogens is 1. The van der Waals surface area contributed by atoms with Gasteiger partial charge in [-0.2, -0.15) is 0 Å². The number of aliphatic hydroxyl groups excluding tert-OH is 1. The van der Waals surface area contributed by atoms with Crippen molar-refractivity contribution in [3.63, 3.8) is 0 Å². The molecule has 0 amide bonds. The molecule has 0 aliphatic carbocycles. The van der Waals surface area contributed by atoms with Gasteiger partial charge in [-0.3, -0.25) is 9.30 Å². The number of nitrogens with zero attached hydrogens (tertiary/aromatic N) is 5. The van der Waals surface area contributed by atoms with E-state index in [1.54, 1.807) is 19.5 Å². The number of methoxy groups -OCH3 is 1. The van der Waals surface area contributed by atoms with Gasteiger partial charge in [0.1, 0.15) is 17.1 Å². The van der Waals surface area contributed by atoms with Crippen molar-refractivity contribution in [2.45, 2.75) is 6.54 Å². The first kappa shape index (κ1) is 21.0. The van der Waals surface area contributed by atoms with Gasteiger partial charge in [0.25, 0.3) is 0 Å². The van der Waals surface area contributed by atoms with Crippen LogP contribution in [0.25, 0.3) is 17.0 Å². The third-order valence-electron chi connectivity index (χ3n) is 4.85. The summed E-state index contributed by atoms with van der Waals surface area (Å²) < 4.78 is 7.48. The summed E-state index contributed by atoms with van der Waals surface area (Å²) in [6, 6.07) is 11.7. The summed E-state index contributed by atoms with van der Waals surface area (Å²) in [4.78, 5) is 15.4. The number of ether oxygens (including phenoxy) is 1. The Labute approximate surface area is 185 Å². The highest BCUT2D eigenvalue weighted by atomic mass is 35.5. The Morgan fingerprint density at radius 3 is 2.87 bits per heavy atom. The maximum Gasteiger partial charge on any atom is 0.227 e. The van der Waals surface area contributed by atoms with Crippen LogP contribution in [-0.4, -0.2) is 56.7 Å². The average molecular weight is 439 g/mol. The number of nitrogens with one attached hydrogen (secondary N) is 1. The Hall–Kier alpha value is -3.20. The lowest BCUT2D eigenvalue weighted by Gasteiger charge is -2.17. The number of aliphatic hydroxyl groups is 1. The summed E-state index contributed by atoms with van der Waals surface area (Å²) in [6.07, 6.45) is 5.23. The van der Waals surface area contributed by atoms with E-state index in [1.807, 2.05) is 58.9 Å². The highest BCUT2D eigenvalue weighted by Gasteiger charge is 2.14. The molecule has 1 aromatic carbocycles. The van der Waals surface area contributed by atoms with Crippen molar-refractivity contribution in [1.82, 2.24) is 24.3 Å². The first-order valence-electron chi connectivity index (χ1n) is 9.77. The third kappa shape index (κ3) is 4.61. The van der Waals surface area contributed by atoms with Crippen LogP contribution >= 0.6 is 11.6 Å². The Morgan fingerprint density at radius 1 is 1.19 bits per heavy atom. The number of benzene rings is 1. The molecule has 9 heteroatoms. The number of likely N-dealkylation sites (N-methyl/N-ethyl adjacent to an activating group) is 1. The largest absolute Gasteiger partial charge is 0.495 e. The van der Waals surface area contributed by atoms with Crippen LogP contribution in [-0.2, 0) is 6.54 Å². The molecule has 0 aliphatic rings. The number of hydrogen-bond donors (Lipinski definition) is 2. The monoisotopic (exact) mass is 438 g/mol. The first-order chi connectivity index (χ1) is 15.1. The van der Waals surface area contributed by atoms with Crippen molar-refractivity contribution >= 4 is 28.9 Å². The maximum atomic E-state index is 9.09. The number of pyridine rings is 1. The van der Waals surface area contributed by atoms with Crippen molar-refractivity contribution in [3.05, 3.63) is 65.6 Å². The maximum absolute atomic E-state index is 9.09. The van der Waals surface area contributed by atoms with Crippen LogP contribution in [0.4, 0.5) is 11.6 Å². The SMILES string of the molecule is COc1cc(CN(C)CCO)ccc1Nc1ncc(Cl)c(-c2cnc3ccccn23)n1. The van der Waals surface area contributed by atoms with Gasteiger partial charge in [0.05, 0.1) is 42.5 Å². The van der Waals surface area contributed by atoms with Crippen LogP contribution in [0.1, 0.15) is 5.56 Å². The molecule has 4 aromatic rings. The molecule has 0 unspecified atom stereocenters. The molecule has 0 fully saturated rings. The quantitative estimate of drug-likeness (QED) is 0.434. The number of anilines is 2. The van der Waals surface area contributed by atoms with Crippen LogP contribution in [0.2, 0.25) is 5.02 Å². The van der Waals surface area contributed by atoms with Crippen LogP contribution in [0.5, 0.6) is 5.75 Å². The summed E-state index contributed by atoms with van der Waals surface area (Å²) in [7, 11) is 3.58. The van der Waals surface area contributed by atoms with Crippen molar-refractivity contribution in [3.8, 4) is 17.1 Å². The summed E-state index contributed by atoms with van der Waals surface area (Å²) >= 11 is 6.40. The number of hydrogen-bond acceptors (Lipinski definition) is 7. The fourth-order valence-corrected chi connectivity index (χ4v) is 3.52. The summed E-state index contributed by atoms with van der Waals surface area (Å²) in [6.45, 7) is 1.43. The lowest BCUT2D eigenvalue weighted by atomic mass is 10.1. The standard InChI is InChI=1S/C22H23ClN6O2/c1-28(9-10-30)14-15-6-7-17(19(11-15)31-2)26-22-25-12-16(23)21(27-22)18-13-24-20-5-3-4-8-29(18)20/h3-8,11-13,30H,9-10,14H2,1-2H3,(H,25,26,27). The van der Waals surface area contributed by atoms with Crippen molar-refractivity contribution in [1.29, 1.82) is 0 Å². The Bertz CT molecular complexity index is 1200. The van der Waals surface area contributed by atoms with E-state index >= 15 is 0 Å². The zero-order valence-corrected chi connectivity index (χ0v) is 18.0. The molecule has 31 heavy (non-hydrogen) atoms. The molecule has 0 spiro atoms. The minimum absolute atomic E-state index is 0.121. The predicted molar refractivity (Wildman–Crippen MR) is 121 cm³/mol. The van der Waals surface area contributed by atoms with Crippen molar-refractivity contribution < 1.29 is 9.84 Å². The number of rotatable bonds is 8. The van der Waals surface area contributed by atoms with E-state index in [9.17, 15) is 0 Å². The van der Waals surface area contributed by atoms with E-state index in [4.69, 9.17) is 21.4 Å². The molecule has 160 valence electrons. The second kappa shape index (κ2) is 9.30. The molecule has 8 nitrogen and oxygen atoms in total. The smallest absolute Gasteiger partial charge is 0.227 e. The second-order valence-electron chi connectivity index (χ2n) is 7.08. The highest BCUT2D eigenvalue weighted by Crippen LogP contribution is 2.31. The minimum atomic E-state index is 0.121. The van der Waals surface area contributed by atoms with Gasteiger partial charge in [0, 0.05) is 19.3 Å². The molecule has 0 aliphatic heterocycles. The molecule has 4 rings (SSSR count). The van der Waals surface area contributed by atoms with Gasteiger partial charge in [-0.1, -0.05) is 23.7 Å². The molecule has 3 aromatic heterocycles. The summed E-state index contributed by atoms with van der Waals surface area (Å²) in [5.41, 5.74) is 3.98. The van der Waals surface area contributed by atoms with Gasteiger partial charge >= 0.3 is 0 Å². The molecule has 0 atom stereocenters. The summed E-state index contributed by atoms with van der Waals surface area (Å²) in [5, 5.41) is 12.7. The predicted octanol–water partition coefficient (Wildman–Crippen LogP) is 3.62. The topological polar surface area (TPSA) is 87.8 Å².